The summed E-state index contributed by atoms with van der Waals surface area (Å²) >= 11 is 5.66. The molecule has 5 nitrogen and oxygen atoms in total. The monoisotopic (exact) mass is 398 g/mol. The molecule has 148 valence electrons. The minimum absolute atomic E-state index is 0.0843. The Morgan fingerprint density at radius 2 is 1.96 bits per heavy atom. The van der Waals surface area contributed by atoms with Crippen molar-refractivity contribution >= 4 is 22.9 Å². The third-order valence-electron chi connectivity index (χ3n) is 5.26. The summed E-state index contributed by atoms with van der Waals surface area (Å²) in [6, 6.07) is 14.6. The van der Waals surface area contributed by atoms with E-state index in [4.69, 9.17) is 17.1 Å². The number of nitrogens with one attached hydrogen (secondary N) is 1. The number of likely N-dealkylation sites (N-methyl/N-ethyl adjacent to an activating group) is 1. The lowest BCUT2D eigenvalue weighted by Gasteiger charge is -2.39. The number of thiocarbonyl (C=S) groups is 1. The highest BCUT2D eigenvalue weighted by Gasteiger charge is 2.45. The zero-order chi connectivity index (χ0) is 20.0. The van der Waals surface area contributed by atoms with Gasteiger partial charge in [-0.1, -0.05) is 54.1 Å². The second kappa shape index (κ2) is 9.06. The minimum atomic E-state index is -0.780. The van der Waals surface area contributed by atoms with E-state index in [1.54, 1.807) is 13.1 Å². The number of hydrogen-bond donors (Lipinski definition) is 3. The van der Waals surface area contributed by atoms with Crippen molar-refractivity contribution in [3.05, 3.63) is 59.7 Å². The molecular weight excluding hydrogens is 372 g/mol. The zero-order valence-electron chi connectivity index (χ0n) is 16.0. The van der Waals surface area contributed by atoms with Crippen molar-refractivity contribution < 1.29 is 15.1 Å². The van der Waals surface area contributed by atoms with Gasteiger partial charge in [0.15, 0.2) is 0 Å². The van der Waals surface area contributed by atoms with Gasteiger partial charge in [0.2, 0.25) is 0 Å². The molecule has 2 aromatic carbocycles. The van der Waals surface area contributed by atoms with Gasteiger partial charge in [-0.25, -0.2) is 0 Å². The smallest absolute Gasteiger partial charge is 0.121 e. The average molecular weight is 399 g/mol. The van der Waals surface area contributed by atoms with Crippen LogP contribution in [0.4, 0.5) is 0 Å². The number of phenolic OH excluding ortho intramolecular Hbond substituents is 2. The molecule has 1 aliphatic rings. The van der Waals surface area contributed by atoms with Gasteiger partial charge in [-0.2, -0.15) is 0 Å². The van der Waals surface area contributed by atoms with Crippen molar-refractivity contribution in [1.29, 1.82) is 0 Å². The van der Waals surface area contributed by atoms with E-state index in [-0.39, 0.29) is 11.5 Å². The molecule has 1 aliphatic carbocycles. The van der Waals surface area contributed by atoms with Gasteiger partial charge < -0.3 is 20.4 Å². The van der Waals surface area contributed by atoms with Crippen LogP contribution in [0.15, 0.2) is 53.7 Å². The minimum Gasteiger partial charge on any atom is -0.508 e. The fourth-order valence-corrected chi connectivity index (χ4v) is 4.16. The Labute approximate surface area is 171 Å². The zero-order valence-corrected chi connectivity index (χ0v) is 16.8. The number of aromatic hydroxyl groups is 2. The van der Waals surface area contributed by atoms with Gasteiger partial charge in [0.25, 0.3) is 0 Å². The molecule has 0 bridgehead atoms. The van der Waals surface area contributed by atoms with E-state index in [0.717, 1.165) is 31.4 Å². The van der Waals surface area contributed by atoms with Crippen LogP contribution in [0.2, 0.25) is 0 Å². The Balaban J connectivity index is 1.90. The van der Waals surface area contributed by atoms with Crippen LogP contribution in [0.3, 0.4) is 0 Å². The van der Waals surface area contributed by atoms with Gasteiger partial charge in [0.05, 0.1) is 16.1 Å². The van der Waals surface area contributed by atoms with Gasteiger partial charge in [0, 0.05) is 19.0 Å². The van der Waals surface area contributed by atoms with Crippen molar-refractivity contribution in [2.24, 2.45) is 5.16 Å². The molecule has 0 aromatic heterocycles. The second-order valence-corrected chi connectivity index (χ2v) is 7.41. The van der Waals surface area contributed by atoms with Crippen LogP contribution in [0.25, 0.3) is 0 Å². The van der Waals surface area contributed by atoms with E-state index >= 15 is 0 Å². The molecule has 28 heavy (non-hydrogen) atoms. The first kappa shape index (κ1) is 20.1. The third-order valence-corrected chi connectivity index (χ3v) is 5.81. The fourth-order valence-electron chi connectivity index (χ4n) is 3.83. The van der Waals surface area contributed by atoms with Crippen LogP contribution in [-0.2, 0) is 16.7 Å². The summed E-state index contributed by atoms with van der Waals surface area (Å²) < 4.78 is 0. The van der Waals surface area contributed by atoms with Gasteiger partial charge in [-0.15, -0.1) is 0 Å². The summed E-state index contributed by atoms with van der Waals surface area (Å²) in [6.45, 7) is 0.460. The van der Waals surface area contributed by atoms with Crippen LogP contribution in [0, 0.1) is 0 Å². The number of oxime groups is 1. The Morgan fingerprint density at radius 3 is 2.71 bits per heavy atom. The quantitative estimate of drug-likeness (QED) is 0.296. The molecule has 0 spiro atoms. The molecule has 3 N–H and O–H groups in total. The lowest BCUT2D eigenvalue weighted by Crippen LogP contribution is -2.50. The molecule has 0 radical (unpaired) electrons. The van der Waals surface area contributed by atoms with E-state index in [0.29, 0.717) is 23.6 Å². The van der Waals surface area contributed by atoms with E-state index in [1.807, 2.05) is 18.2 Å². The topological polar surface area (TPSA) is 74.1 Å². The lowest BCUT2D eigenvalue weighted by atomic mass is 9.67. The summed E-state index contributed by atoms with van der Waals surface area (Å²) in [5.41, 5.74) is 1.76. The largest absolute Gasteiger partial charge is 0.508 e. The molecule has 1 fully saturated rings. The van der Waals surface area contributed by atoms with Crippen molar-refractivity contribution in [3.63, 3.8) is 0 Å². The standard InChI is InChI=1S/C22H26N2O3S/c1-23-21(28)22(18-15-17(25)10-11-19(18)26)13-6-5-9-20(22)24-27-14-12-16-7-3-2-4-8-16/h2-4,7-8,10-11,15,25-26H,5-6,9,12-14H2,1H3,(H,23,28). The first-order chi connectivity index (χ1) is 13.6. The maximum absolute atomic E-state index is 10.5. The summed E-state index contributed by atoms with van der Waals surface area (Å²) in [5, 5.41) is 28.1. The molecule has 1 atom stereocenters. The molecule has 3 rings (SSSR count). The number of rotatable bonds is 6. The number of benzene rings is 2. The Bertz CT molecular complexity index is 854. The fraction of sp³-hybridized carbons (Fsp3) is 0.364. The van der Waals surface area contributed by atoms with Crippen molar-refractivity contribution in [3.8, 4) is 11.5 Å². The first-order valence-electron chi connectivity index (χ1n) is 9.56. The first-order valence-corrected chi connectivity index (χ1v) is 9.96. The van der Waals surface area contributed by atoms with Crippen LogP contribution in [0.1, 0.15) is 36.8 Å². The second-order valence-electron chi connectivity index (χ2n) is 7.00. The maximum atomic E-state index is 10.5. The highest BCUT2D eigenvalue weighted by molar-refractivity contribution is 7.80. The van der Waals surface area contributed by atoms with E-state index in [9.17, 15) is 10.2 Å². The summed E-state index contributed by atoms with van der Waals surface area (Å²) in [6.07, 6.45) is 4.11. The predicted molar refractivity (Wildman–Crippen MR) is 115 cm³/mol. The molecule has 2 aromatic rings. The summed E-state index contributed by atoms with van der Waals surface area (Å²) in [5.74, 6) is 0.176. The molecule has 0 amide bonds. The van der Waals surface area contributed by atoms with Gasteiger partial charge in [-0.05, 0) is 43.0 Å². The Hall–Kier alpha value is -2.60. The SMILES string of the molecule is CNC(=S)C1(c2cc(O)ccc2O)CCCCC1=NOCCc1ccccc1. The summed E-state index contributed by atoms with van der Waals surface area (Å²) in [7, 11) is 1.77. The Morgan fingerprint density at radius 1 is 1.18 bits per heavy atom. The van der Waals surface area contributed by atoms with Gasteiger partial charge in [0.1, 0.15) is 18.1 Å². The third kappa shape index (κ3) is 4.12. The summed E-state index contributed by atoms with van der Waals surface area (Å²) in [4.78, 5) is 6.24. The van der Waals surface area contributed by atoms with Crippen molar-refractivity contribution in [2.45, 2.75) is 37.5 Å². The van der Waals surface area contributed by atoms with E-state index in [1.165, 1.54) is 17.7 Å². The Kier molecular flexibility index (Phi) is 6.52. The van der Waals surface area contributed by atoms with Crippen molar-refractivity contribution in [1.82, 2.24) is 5.32 Å². The molecular formula is C22H26N2O3S. The average Bonchev–Trinajstić information content (AvgIpc) is 2.73. The molecule has 0 heterocycles. The van der Waals surface area contributed by atoms with Crippen molar-refractivity contribution in [2.75, 3.05) is 13.7 Å². The van der Waals surface area contributed by atoms with E-state index < -0.39 is 5.41 Å². The highest BCUT2D eigenvalue weighted by atomic mass is 32.1. The number of hydrogen-bond acceptors (Lipinski definition) is 5. The van der Waals surface area contributed by atoms with E-state index in [2.05, 4.69) is 22.6 Å². The maximum Gasteiger partial charge on any atom is 0.121 e. The van der Waals surface area contributed by atoms with Crippen LogP contribution in [0.5, 0.6) is 11.5 Å². The molecule has 0 aliphatic heterocycles. The molecule has 1 unspecified atom stereocenters. The highest BCUT2D eigenvalue weighted by Crippen LogP contribution is 2.43. The normalized spacial score (nSPS) is 20.7. The van der Waals surface area contributed by atoms with Gasteiger partial charge in [-0.3, -0.25) is 0 Å². The van der Waals surface area contributed by atoms with Crippen LogP contribution >= 0.6 is 12.2 Å². The predicted octanol–water partition coefficient (Wildman–Crippen LogP) is 4.07. The molecule has 0 saturated heterocycles. The number of phenols is 2. The number of nitrogens with zero attached hydrogens (tertiary/aromatic N) is 1. The van der Waals surface area contributed by atoms with Crippen LogP contribution in [-0.4, -0.2) is 34.6 Å². The van der Waals surface area contributed by atoms with Gasteiger partial charge >= 0.3 is 0 Å². The van der Waals surface area contributed by atoms with Crippen LogP contribution < -0.4 is 5.32 Å². The molecule has 1 saturated carbocycles. The lowest BCUT2D eigenvalue weighted by molar-refractivity contribution is 0.144. The molecule has 6 heteroatoms.